The molecule has 12 heteroatoms. The second-order valence-electron chi connectivity index (χ2n) is 12.0. The minimum absolute atomic E-state index is 0.266. The van der Waals surface area contributed by atoms with Crippen LogP contribution in [0.3, 0.4) is 0 Å². The maximum absolute atomic E-state index is 14.9. The van der Waals surface area contributed by atoms with Crippen LogP contribution >= 0.6 is 0 Å². The van der Waals surface area contributed by atoms with E-state index < -0.39 is 11.4 Å². The second-order valence-corrected chi connectivity index (χ2v) is 12.0. The Kier molecular flexibility index (Phi) is 8.01. The predicted molar refractivity (Wildman–Crippen MR) is 156 cm³/mol. The fourth-order valence-corrected chi connectivity index (χ4v) is 5.51. The van der Waals surface area contributed by atoms with Crippen molar-refractivity contribution in [1.82, 2.24) is 29.6 Å². The Hall–Kier alpha value is -3.96. The molecule has 0 aromatic carbocycles. The van der Waals surface area contributed by atoms with Crippen molar-refractivity contribution < 1.29 is 13.9 Å². The molecule has 1 N–H and O–H groups in total. The molecule has 11 nitrogen and oxygen atoms in total. The number of fused-ring (bicyclic) bond motifs is 1. The molecule has 0 radical (unpaired) electrons. The quantitative estimate of drug-likeness (QED) is 0.474. The zero-order valence-electron chi connectivity index (χ0n) is 24.8. The number of pyridine rings is 1. The summed E-state index contributed by atoms with van der Waals surface area (Å²) in [4.78, 5) is 31.7. The summed E-state index contributed by atoms with van der Waals surface area (Å²) < 4.78 is 22.4. The molecule has 0 spiro atoms. The zero-order valence-corrected chi connectivity index (χ0v) is 24.8. The topological polar surface area (TPSA) is 105 Å². The Labute approximate surface area is 240 Å². The molecule has 5 rings (SSSR count). The van der Waals surface area contributed by atoms with Gasteiger partial charge in [0, 0.05) is 64.0 Å². The Balaban J connectivity index is 1.24. The highest BCUT2D eigenvalue weighted by molar-refractivity contribution is 5.68. The zero-order chi connectivity index (χ0) is 29.3. The molecule has 1 amide bonds. The number of ether oxygens (including phenoxy) is 1. The van der Waals surface area contributed by atoms with Crippen LogP contribution in [0.25, 0.3) is 0 Å². The Bertz CT molecular complexity index is 1380. The van der Waals surface area contributed by atoms with Gasteiger partial charge in [-0.1, -0.05) is 13.8 Å². The van der Waals surface area contributed by atoms with Gasteiger partial charge in [-0.15, -0.1) is 0 Å². The van der Waals surface area contributed by atoms with E-state index in [2.05, 4.69) is 44.1 Å². The van der Waals surface area contributed by atoms with Gasteiger partial charge in [-0.05, 0) is 45.2 Å². The van der Waals surface area contributed by atoms with Crippen LogP contribution < -0.4 is 15.1 Å². The van der Waals surface area contributed by atoms with E-state index in [0.717, 1.165) is 36.3 Å². The molecule has 0 saturated carbocycles. The molecule has 220 valence electrons. The van der Waals surface area contributed by atoms with Crippen molar-refractivity contribution in [2.45, 2.75) is 65.5 Å². The molecular formula is C29H40FN9O2. The van der Waals surface area contributed by atoms with Crippen molar-refractivity contribution >= 4 is 29.4 Å². The van der Waals surface area contributed by atoms with Crippen LogP contribution in [0.2, 0.25) is 0 Å². The van der Waals surface area contributed by atoms with Crippen LogP contribution in [0.5, 0.6) is 0 Å². The SMILES string of the molecule is CC(C)c1c2c(nn1C)CCN(c1nc(Nc3ccc(N4CCCN(C(=O)OC(C)(C)C)CC4)cn3)ncc1F)C2. The summed E-state index contributed by atoms with van der Waals surface area (Å²) in [6.07, 6.45) is 4.28. The lowest BCUT2D eigenvalue weighted by Gasteiger charge is -2.28. The van der Waals surface area contributed by atoms with Crippen molar-refractivity contribution in [3.05, 3.63) is 47.3 Å². The molecule has 1 saturated heterocycles. The smallest absolute Gasteiger partial charge is 0.410 e. The second kappa shape index (κ2) is 11.5. The van der Waals surface area contributed by atoms with Crippen LogP contribution in [0, 0.1) is 5.82 Å². The number of rotatable bonds is 5. The number of nitrogens with zero attached hydrogens (tertiary/aromatic N) is 8. The third-order valence-electron chi connectivity index (χ3n) is 7.32. The third kappa shape index (κ3) is 6.52. The van der Waals surface area contributed by atoms with Gasteiger partial charge < -0.3 is 24.8 Å². The average Bonchev–Trinajstić information content (AvgIpc) is 3.06. The van der Waals surface area contributed by atoms with Crippen molar-refractivity contribution in [2.75, 3.05) is 47.8 Å². The minimum atomic E-state index is -0.515. The third-order valence-corrected chi connectivity index (χ3v) is 7.32. The number of aryl methyl sites for hydroxylation is 1. The molecule has 0 bridgehead atoms. The number of halogens is 1. The normalized spacial score (nSPS) is 16.0. The van der Waals surface area contributed by atoms with E-state index in [-0.39, 0.29) is 17.9 Å². The number of amides is 1. The highest BCUT2D eigenvalue weighted by Crippen LogP contribution is 2.31. The maximum Gasteiger partial charge on any atom is 0.410 e. The molecule has 3 aromatic rings. The van der Waals surface area contributed by atoms with E-state index in [1.165, 1.54) is 11.9 Å². The first kappa shape index (κ1) is 28.6. The van der Waals surface area contributed by atoms with Gasteiger partial charge in [0.2, 0.25) is 5.95 Å². The molecular weight excluding hydrogens is 525 g/mol. The summed E-state index contributed by atoms with van der Waals surface area (Å²) in [5.41, 5.74) is 3.85. The number of anilines is 4. The summed E-state index contributed by atoms with van der Waals surface area (Å²) in [6, 6.07) is 3.83. The van der Waals surface area contributed by atoms with Crippen molar-refractivity contribution in [3.63, 3.8) is 0 Å². The van der Waals surface area contributed by atoms with Gasteiger partial charge in [-0.3, -0.25) is 4.68 Å². The molecule has 0 aliphatic carbocycles. The van der Waals surface area contributed by atoms with Gasteiger partial charge in [0.1, 0.15) is 11.4 Å². The predicted octanol–water partition coefficient (Wildman–Crippen LogP) is 4.62. The van der Waals surface area contributed by atoms with E-state index >= 15 is 0 Å². The van der Waals surface area contributed by atoms with Gasteiger partial charge in [-0.25, -0.2) is 19.2 Å². The summed E-state index contributed by atoms with van der Waals surface area (Å²) in [7, 11) is 1.97. The average molecular weight is 566 g/mol. The largest absolute Gasteiger partial charge is 0.444 e. The summed E-state index contributed by atoms with van der Waals surface area (Å²) in [5, 5.41) is 7.80. The van der Waals surface area contributed by atoms with E-state index in [9.17, 15) is 9.18 Å². The first-order valence-corrected chi connectivity index (χ1v) is 14.3. The number of hydrogen-bond donors (Lipinski definition) is 1. The number of carbonyl (C=O) groups is 1. The summed E-state index contributed by atoms with van der Waals surface area (Å²) in [5.74, 6) is 0.967. The van der Waals surface area contributed by atoms with E-state index in [0.29, 0.717) is 44.5 Å². The Morgan fingerprint density at radius 2 is 1.85 bits per heavy atom. The first-order chi connectivity index (χ1) is 19.5. The van der Waals surface area contributed by atoms with Crippen LogP contribution in [-0.2, 0) is 24.8 Å². The lowest BCUT2D eigenvalue weighted by Crippen LogP contribution is -2.39. The van der Waals surface area contributed by atoms with Crippen molar-refractivity contribution in [3.8, 4) is 0 Å². The van der Waals surface area contributed by atoms with Crippen LogP contribution in [-0.4, -0.2) is 74.1 Å². The number of nitrogens with one attached hydrogen (secondary N) is 1. The highest BCUT2D eigenvalue weighted by atomic mass is 19.1. The monoisotopic (exact) mass is 565 g/mol. The van der Waals surface area contributed by atoms with Gasteiger partial charge in [0.05, 0.1) is 23.8 Å². The number of aromatic nitrogens is 5. The maximum atomic E-state index is 14.9. The summed E-state index contributed by atoms with van der Waals surface area (Å²) >= 11 is 0. The molecule has 3 aromatic heterocycles. The minimum Gasteiger partial charge on any atom is -0.444 e. The Morgan fingerprint density at radius 3 is 2.56 bits per heavy atom. The number of carbonyl (C=O) groups excluding carboxylic acids is 1. The molecule has 5 heterocycles. The fraction of sp³-hybridized carbons (Fsp3) is 0.552. The van der Waals surface area contributed by atoms with Gasteiger partial charge >= 0.3 is 6.09 Å². The van der Waals surface area contributed by atoms with E-state index in [4.69, 9.17) is 4.74 Å². The molecule has 1 fully saturated rings. The molecule has 0 atom stereocenters. The molecule has 0 unspecified atom stereocenters. The first-order valence-electron chi connectivity index (χ1n) is 14.3. The van der Waals surface area contributed by atoms with Crippen LogP contribution in [0.4, 0.5) is 32.5 Å². The Morgan fingerprint density at radius 1 is 1.05 bits per heavy atom. The van der Waals surface area contributed by atoms with Crippen LogP contribution in [0.1, 0.15) is 63.9 Å². The number of hydrogen-bond acceptors (Lipinski definition) is 9. The van der Waals surface area contributed by atoms with Crippen molar-refractivity contribution in [1.29, 1.82) is 0 Å². The standard InChI is InChI=1S/C29H40FN9O2/c1-19(2)25-21-18-39(13-10-23(21)35-36(25)6)26-22(30)17-32-27(34-26)33-24-9-8-20(16-31-24)37-11-7-12-38(15-14-37)28(40)41-29(3,4)5/h8-9,16-17,19H,7,10-15,18H2,1-6H3,(H,31,32,33,34). The molecule has 2 aliphatic heterocycles. The fourth-order valence-electron chi connectivity index (χ4n) is 5.51. The van der Waals surface area contributed by atoms with Gasteiger partial charge in [0.25, 0.3) is 0 Å². The van der Waals surface area contributed by atoms with Gasteiger partial charge in [0.15, 0.2) is 11.6 Å². The lowest BCUT2D eigenvalue weighted by molar-refractivity contribution is 0.0263. The van der Waals surface area contributed by atoms with E-state index in [1.807, 2.05) is 49.5 Å². The summed E-state index contributed by atoms with van der Waals surface area (Å²) in [6.45, 7) is 13.8. The van der Waals surface area contributed by atoms with Gasteiger partial charge in [-0.2, -0.15) is 10.1 Å². The van der Waals surface area contributed by atoms with E-state index in [1.54, 1.807) is 11.1 Å². The highest BCUT2D eigenvalue weighted by Gasteiger charge is 2.28. The van der Waals surface area contributed by atoms with Crippen LogP contribution in [0.15, 0.2) is 24.5 Å². The molecule has 41 heavy (non-hydrogen) atoms. The molecule has 2 aliphatic rings. The lowest BCUT2D eigenvalue weighted by atomic mass is 9.99. The van der Waals surface area contributed by atoms with Crippen molar-refractivity contribution in [2.24, 2.45) is 7.05 Å².